The number of nitrogens with one attached hydrogen (secondary N) is 1. The molecule has 23 heavy (non-hydrogen) atoms. The van der Waals surface area contributed by atoms with Crippen LogP contribution in [0.4, 0.5) is 11.4 Å². The lowest BCUT2D eigenvalue weighted by molar-refractivity contribution is -0.119. The molecule has 5 nitrogen and oxygen atoms in total. The zero-order chi connectivity index (χ0) is 16.0. The Balaban J connectivity index is 1.53. The van der Waals surface area contributed by atoms with Crippen molar-refractivity contribution in [2.45, 2.75) is 50.2 Å². The Morgan fingerprint density at radius 1 is 1.13 bits per heavy atom. The molecular formula is C17H22N2O3S. The molecule has 1 aromatic carbocycles. The van der Waals surface area contributed by atoms with Crippen LogP contribution in [-0.4, -0.2) is 26.1 Å². The lowest BCUT2D eigenvalue weighted by Gasteiger charge is -2.18. The average Bonchev–Trinajstić information content (AvgIpc) is 3.05. The summed E-state index contributed by atoms with van der Waals surface area (Å²) in [5.74, 6) is 0.435. The van der Waals surface area contributed by atoms with Crippen molar-refractivity contribution in [2.24, 2.45) is 5.92 Å². The summed E-state index contributed by atoms with van der Waals surface area (Å²) in [5, 5.41) is -0.260. The molecule has 2 saturated carbocycles. The number of hydrogen-bond donors (Lipinski definition) is 1. The van der Waals surface area contributed by atoms with Crippen molar-refractivity contribution in [1.82, 2.24) is 0 Å². The Bertz CT molecular complexity index is 734. The second kappa shape index (κ2) is 5.51. The standard InChI is InChI=1S/C17H22N2O3S/c20-17(12-5-6-12)19-10-9-13-11-14(7-8-16(13)19)18-23(21,22)15-3-1-2-4-15/h7-8,11-12,15,18H,1-6,9-10H2. The average molecular weight is 334 g/mol. The second-order valence-electron chi connectivity index (χ2n) is 6.91. The Morgan fingerprint density at radius 2 is 1.87 bits per heavy atom. The first-order valence-corrected chi connectivity index (χ1v) is 10.1. The smallest absolute Gasteiger partial charge is 0.235 e. The summed E-state index contributed by atoms with van der Waals surface area (Å²) >= 11 is 0. The van der Waals surface area contributed by atoms with Gasteiger partial charge < -0.3 is 4.90 Å². The largest absolute Gasteiger partial charge is 0.312 e. The summed E-state index contributed by atoms with van der Waals surface area (Å²) in [4.78, 5) is 14.1. The lowest BCUT2D eigenvalue weighted by atomic mass is 10.1. The van der Waals surface area contributed by atoms with E-state index in [1.807, 2.05) is 17.0 Å². The van der Waals surface area contributed by atoms with E-state index in [2.05, 4.69) is 4.72 Å². The third-order valence-electron chi connectivity index (χ3n) is 5.17. The van der Waals surface area contributed by atoms with Crippen LogP contribution >= 0.6 is 0 Å². The van der Waals surface area contributed by atoms with Crippen molar-refractivity contribution in [3.05, 3.63) is 23.8 Å². The fourth-order valence-electron chi connectivity index (χ4n) is 3.69. The number of anilines is 2. The fraction of sp³-hybridized carbons (Fsp3) is 0.588. The second-order valence-corrected chi connectivity index (χ2v) is 8.87. The zero-order valence-electron chi connectivity index (χ0n) is 13.1. The van der Waals surface area contributed by atoms with Crippen LogP contribution in [0.2, 0.25) is 0 Å². The van der Waals surface area contributed by atoms with E-state index < -0.39 is 10.0 Å². The van der Waals surface area contributed by atoms with Gasteiger partial charge in [-0.15, -0.1) is 0 Å². The Hall–Kier alpha value is -1.56. The molecule has 0 bridgehead atoms. The van der Waals surface area contributed by atoms with Crippen LogP contribution in [0.1, 0.15) is 44.1 Å². The van der Waals surface area contributed by atoms with Crippen molar-refractivity contribution >= 4 is 27.3 Å². The highest BCUT2D eigenvalue weighted by Crippen LogP contribution is 2.37. The van der Waals surface area contributed by atoms with Gasteiger partial charge in [0.15, 0.2) is 0 Å². The van der Waals surface area contributed by atoms with Gasteiger partial charge in [0.25, 0.3) is 0 Å². The first-order valence-electron chi connectivity index (χ1n) is 8.50. The van der Waals surface area contributed by atoms with E-state index in [4.69, 9.17) is 0 Å². The van der Waals surface area contributed by atoms with Gasteiger partial charge in [-0.3, -0.25) is 9.52 Å². The third kappa shape index (κ3) is 2.84. The normalized spacial score (nSPS) is 21.5. The minimum Gasteiger partial charge on any atom is -0.312 e. The topological polar surface area (TPSA) is 66.5 Å². The maximum absolute atomic E-state index is 12.4. The maximum atomic E-state index is 12.4. The minimum atomic E-state index is -3.29. The molecule has 124 valence electrons. The molecular weight excluding hydrogens is 312 g/mol. The Labute approximate surface area is 137 Å². The molecule has 1 amide bonds. The van der Waals surface area contributed by atoms with Crippen molar-refractivity contribution in [3.63, 3.8) is 0 Å². The first kappa shape index (κ1) is 15.0. The van der Waals surface area contributed by atoms with Gasteiger partial charge in [-0.1, -0.05) is 12.8 Å². The SMILES string of the molecule is O=C(C1CC1)N1CCc2cc(NS(=O)(=O)C3CCCC3)ccc21. The molecule has 1 N–H and O–H groups in total. The molecule has 2 fully saturated rings. The van der Waals surface area contributed by atoms with Crippen molar-refractivity contribution in [2.75, 3.05) is 16.2 Å². The molecule has 0 saturated heterocycles. The van der Waals surface area contributed by atoms with Crippen molar-refractivity contribution in [1.29, 1.82) is 0 Å². The lowest BCUT2D eigenvalue weighted by Crippen LogP contribution is -2.30. The van der Waals surface area contributed by atoms with E-state index in [0.717, 1.165) is 56.2 Å². The number of amides is 1. The summed E-state index contributed by atoms with van der Waals surface area (Å²) in [6.07, 6.45) is 6.30. The number of sulfonamides is 1. The molecule has 1 aromatic rings. The molecule has 4 rings (SSSR count). The predicted octanol–water partition coefficient (Wildman–Crippen LogP) is 2.67. The Morgan fingerprint density at radius 3 is 2.57 bits per heavy atom. The van der Waals surface area contributed by atoms with Gasteiger partial charge in [-0.05, 0) is 55.9 Å². The fourth-order valence-corrected chi connectivity index (χ4v) is 5.27. The van der Waals surface area contributed by atoms with Crippen LogP contribution in [0.25, 0.3) is 0 Å². The van der Waals surface area contributed by atoms with Gasteiger partial charge in [-0.25, -0.2) is 8.42 Å². The molecule has 2 aliphatic carbocycles. The third-order valence-corrected chi connectivity index (χ3v) is 7.04. The zero-order valence-corrected chi connectivity index (χ0v) is 13.9. The van der Waals surface area contributed by atoms with Gasteiger partial charge in [0, 0.05) is 23.8 Å². The van der Waals surface area contributed by atoms with E-state index in [0.29, 0.717) is 12.2 Å². The highest BCUT2D eigenvalue weighted by molar-refractivity contribution is 7.93. The highest BCUT2D eigenvalue weighted by Gasteiger charge is 2.36. The quantitative estimate of drug-likeness (QED) is 0.920. The molecule has 1 heterocycles. The molecule has 0 radical (unpaired) electrons. The van der Waals surface area contributed by atoms with Crippen LogP contribution in [0.15, 0.2) is 18.2 Å². The van der Waals surface area contributed by atoms with Crippen LogP contribution in [0, 0.1) is 5.92 Å². The van der Waals surface area contributed by atoms with E-state index in [-0.39, 0.29) is 17.1 Å². The first-order chi connectivity index (χ1) is 11.0. The summed E-state index contributed by atoms with van der Waals surface area (Å²) in [6, 6.07) is 5.56. The van der Waals surface area contributed by atoms with Gasteiger partial charge in [-0.2, -0.15) is 0 Å². The Kier molecular flexibility index (Phi) is 3.59. The molecule has 0 spiro atoms. The van der Waals surface area contributed by atoms with Gasteiger partial charge in [0.2, 0.25) is 15.9 Å². The minimum absolute atomic E-state index is 0.210. The summed E-state index contributed by atoms with van der Waals surface area (Å²) in [5.41, 5.74) is 2.63. The summed E-state index contributed by atoms with van der Waals surface area (Å²) in [6.45, 7) is 0.712. The number of rotatable bonds is 4. The number of nitrogens with zero attached hydrogens (tertiary/aromatic N) is 1. The summed E-state index contributed by atoms with van der Waals surface area (Å²) < 4.78 is 27.5. The molecule has 3 aliphatic rings. The van der Waals surface area contributed by atoms with Crippen molar-refractivity contribution < 1.29 is 13.2 Å². The maximum Gasteiger partial charge on any atom is 0.235 e. The molecule has 0 aromatic heterocycles. The van der Waals surface area contributed by atoms with E-state index in [9.17, 15) is 13.2 Å². The monoisotopic (exact) mass is 334 g/mol. The predicted molar refractivity (Wildman–Crippen MR) is 90.0 cm³/mol. The number of carbonyl (C=O) groups is 1. The van der Waals surface area contributed by atoms with Crippen LogP contribution in [0.5, 0.6) is 0 Å². The van der Waals surface area contributed by atoms with Crippen molar-refractivity contribution in [3.8, 4) is 0 Å². The summed E-state index contributed by atoms with van der Waals surface area (Å²) in [7, 11) is -3.29. The molecule has 0 atom stereocenters. The number of benzene rings is 1. The van der Waals surface area contributed by atoms with Crippen LogP contribution in [0.3, 0.4) is 0 Å². The molecule has 0 unspecified atom stereocenters. The number of hydrogen-bond acceptors (Lipinski definition) is 3. The number of fused-ring (bicyclic) bond motifs is 1. The van der Waals surface area contributed by atoms with Gasteiger partial charge >= 0.3 is 0 Å². The van der Waals surface area contributed by atoms with Gasteiger partial charge in [0.05, 0.1) is 5.25 Å². The van der Waals surface area contributed by atoms with E-state index >= 15 is 0 Å². The van der Waals surface area contributed by atoms with Crippen LogP contribution in [-0.2, 0) is 21.2 Å². The molecule has 6 heteroatoms. The molecule has 1 aliphatic heterocycles. The van der Waals surface area contributed by atoms with Gasteiger partial charge in [0.1, 0.15) is 0 Å². The number of carbonyl (C=O) groups excluding carboxylic acids is 1. The highest BCUT2D eigenvalue weighted by atomic mass is 32.2. The van der Waals surface area contributed by atoms with E-state index in [1.54, 1.807) is 6.07 Å². The van der Waals surface area contributed by atoms with Crippen LogP contribution < -0.4 is 9.62 Å². The van der Waals surface area contributed by atoms with E-state index in [1.165, 1.54) is 0 Å².